The third-order valence-corrected chi connectivity index (χ3v) is 5.86. The maximum absolute atomic E-state index is 5.46. The van der Waals surface area contributed by atoms with Gasteiger partial charge in [0.15, 0.2) is 5.65 Å². The Hall–Kier alpha value is -3.32. The van der Waals surface area contributed by atoms with Crippen molar-refractivity contribution >= 4 is 11.5 Å². The molecule has 0 unspecified atom stereocenters. The van der Waals surface area contributed by atoms with Crippen molar-refractivity contribution in [3.8, 4) is 22.4 Å². The van der Waals surface area contributed by atoms with Gasteiger partial charge in [-0.25, -0.2) is 14.5 Å². The molecule has 0 atom stereocenters. The van der Waals surface area contributed by atoms with E-state index < -0.39 is 0 Å². The Kier molecular flexibility index (Phi) is 4.19. The van der Waals surface area contributed by atoms with Gasteiger partial charge in [-0.15, -0.1) is 0 Å². The third kappa shape index (κ3) is 3.02. The number of rotatable bonds is 4. The highest BCUT2D eigenvalue weighted by Gasteiger charge is 2.32. The van der Waals surface area contributed by atoms with Crippen LogP contribution in [0.5, 0.6) is 0 Å². The number of nitrogens with zero attached hydrogens (tertiary/aromatic N) is 6. The van der Waals surface area contributed by atoms with E-state index in [-0.39, 0.29) is 0 Å². The Morgan fingerprint density at radius 2 is 1.73 bits per heavy atom. The van der Waals surface area contributed by atoms with Crippen molar-refractivity contribution in [1.82, 2.24) is 24.6 Å². The SMILES string of the molecule is c1cc(-c2ccnn3c(-c4ccc(N5CCOCC5)nc4)c(C4CC4)nc23)ccn1. The van der Waals surface area contributed by atoms with Gasteiger partial charge in [0.2, 0.25) is 0 Å². The Balaban J connectivity index is 1.47. The lowest BCUT2D eigenvalue weighted by Crippen LogP contribution is -2.36. The molecule has 4 aromatic heterocycles. The molecule has 7 nitrogen and oxygen atoms in total. The van der Waals surface area contributed by atoms with Gasteiger partial charge in [-0.2, -0.15) is 5.10 Å². The van der Waals surface area contributed by atoms with E-state index in [0.29, 0.717) is 5.92 Å². The summed E-state index contributed by atoms with van der Waals surface area (Å²) in [5, 5.41) is 4.67. The van der Waals surface area contributed by atoms with E-state index in [1.807, 2.05) is 47.5 Å². The number of fused-ring (bicyclic) bond motifs is 1. The van der Waals surface area contributed by atoms with E-state index in [4.69, 9.17) is 14.7 Å². The van der Waals surface area contributed by atoms with Crippen LogP contribution in [0.15, 0.2) is 55.1 Å². The van der Waals surface area contributed by atoms with Crippen molar-refractivity contribution in [2.75, 3.05) is 31.2 Å². The summed E-state index contributed by atoms with van der Waals surface area (Å²) >= 11 is 0. The van der Waals surface area contributed by atoms with E-state index in [0.717, 1.165) is 65.8 Å². The molecule has 0 radical (unpaired) electrons. The van der Waals surface area contributed by atoms with Crippen LogP contribution in [0.3, 0.4) is 0 Å². The number of pyridine rings is 2. The molecular weight excluding hydrogens is 376 g/mol. The minimum Gasteiger partial charge on any atom is -0.378 e. The monoisotopic (exact) mass is 398 g/mol. The highest BCUT2D eigenvalue weighted by atomic mass is 16.5. The summed E-state index contributed by atoms with van der Waals surface area (Å²) in [6, 6.07) is 10.3. The Labute approximate surface area is 174 Å². The fraction of sp³-hybridized carbons (Fsp3) is 0.304. The molecule has 30 heavy (non-hydrogen) atoms. The van der Waals surface area contributed by atoms with Crippen LogP contribution >= 0.6 is 0 Å². The Morgan fingerprint density at radius 3 is 2.47 bits per heavy atom. The molecule has 1 saturated carbocycles. The maximum Gasteiger partial charge on any atom is 0.162 e. The normalized spacial score (nSPS) is 16.9. The number of anilines is 1. The fourth-order valence-corrected chi connectivity index (χ4v) is 4.14. The van der Waals surface area contributed by atoms with Gasteiger partial charge in [0.05, 0.1) is 24.6 Å². The topological polar surface area (TPSA) is 68.4 Å². The first-order chi connectivity index (χ1) is 14.9. The Bertz CT molecular complexity index is 1180. The van der Waals surface area contributed by atoms with Crippen molar-refractivity contribution in [1.29, 1.82) is 0 Å². The van der Waals surface area contributed by atoms with Gasteiger partial charge >= 0.3 is 0 Å². The quantitative estimate of drug-likeness (QED) is 0.524. The molecular formula is C23H22N6O. The van der Waals surface area contributed by atoms with Gasteiger partial charge in [0.1, 0.15) is 5.82 Å². The van der Waals surface area contributed by atoms with Crippen molar-refractivity contribution < 1.29 is 4.74 Å². The molecule has 2 aliphatic rings. The molecule has 4 aromatic rings. The van der Waals surface area contributed by atoms with Crippen LogP contribution in [0.25, 0.3) is 28.0 Å². The predicted molar refractivity (Wildman–Crippen MR) is 114 cm³/mol. The molecule has 1 saturated heterocycles. The van der Waals surface area contributed by atoms with Gasteiger partial charge in [0.25, 0.3) is 0 Å². The van der Waals surface area contributed by atoms with Crippen LogP contribution in [0.4, 0.5) is 5.82 Å². The largest absolute Gasteiger partial charge is 0.378 e. The summed E-state index contributed by atoms with van der Waals surface area (Å²) in [4.78, 5) is 16.2. The number of hydrogen-bond donors (Lipinski definition) is 0. The molecule has 0 aromatic carbocycles. The number of aromatic nitrogens is 5. The lowest BCUT2D eigenvalue weighted by molar-refractivity contribution is 0.122. The summed E-state index contributed by atoms with van der Waals surface area (Å²) in [5.74, 6) is 1.50. The number of hydrogen-bond acceptors (Lipinski definition) is 6. The molecule has 7 heteroatoms. The van der Waals surface area contributed by atoms with Crippen LogP contribution in [0, 0.1) is 0 Å². The fourth-order valence-electron chi connectivity index (χ4n) is 4.14. The third-order valence-electron chi connectivity index (χ3n) is 5.86. The second-order valence-electron chi connectivity index (χ2n) is 7.84. The first-order valence-corrected chi connectivity index (χ1v) is 10.5. The van der Waals surface area contributed by atoms with E-state index in [2.05, 4.69) is 27.1 Å². The highest BCUT2D eigenvalue weighted by molar-refractivity contribution is 5.80. The number of ether oxygens (including phenoxy) is 1. The van der Waals surface area contributed by atoms with E-state index in [9.17, 15) is 0 Å². The molecule has 0 bridgehead atoms. The van der Waals surface area contributed by atoms with Gasteiger partial charge in [-0.1, -0.05) is 0 Å². The molecule has 1 aliphatic carbocycles. The van der Waals surface area contributed by atoms with Gasteiger partial charge < -0.3 is 9.64 Å². The van der Waals surface area contributed by atoms with Crippen molar-refractivity contribution in [3.05, 3.63) is 60.8 Å². The van der Waals surface area contributed by atoms with E-state index in [1.54, 1.807) is 0 Å². The highest BCUT2D eigenvalue weighted by Crippen LogP contribution is 2.44. The predicted octanol–water partition coefficient (Wildman–Crippen LogP) is 3.57. The minimum absolute atomic E-state index is 0.505. The Morgan fingerprint density at radius 1 is 0.900 bits per heavy atom. The minimum atomic E-state index is 0.505. The molecule has 0 N–H and O–H groups in total. The van der Waals surface area contributed by atoms with Crippen molar-refractivity contribution in [3.63, 3.8) is 0 Å². The van der Waals surface area contributed by atoms with E-state index in [1.165, 1.54) is 12.8 Å². The summed E-state index contributed by atoms with van der Waals surface area (Å²) in [6.07, 6.45) is 9.79. The second kappa shape index (κ2) is 7.18. The molecule has 0 spiro atoms. The van der Waals surface area contributed by atoms with Gasteiger partial charge in [-0.05, 0) is 48.7 Å². The maximum atomic E-state index is 5.46. The molecule has 1 aliphatic heterocycles. The number of morpholine rings is 1. The summed E-state index contributed by atoms with van der Waals surface area (Å²) < 4.78 is 7.44. The van der Waals surface area contributed by atoms with Crippen LogP contribution in [-0.2, 0) is 4.74 Å². The molecule has 2 fully saturated rings. The molecule has 150 valence electrons. The molecule has 5 heterocycles. The van der Waals surface area contributed by atoms with Crippen molar-refractivity contribution in [2.24, 2.45) is 0 Å². The lowest BCUT2D eigenvalue weighted by Gasteiger charge is -2.27. The summed E-state index contributed by atoms with van der Waals surface area (Å²) in [7, 11) is 0. The van der Waals surface area contributed by atoms with Crippen LogP contribution in [-0.4, -0.2) is 50.9 Å². The van der Waals surface area contributed by atoms with Gasteiger partial charge in [-0.3, -0.25) is 4.98 Å². The van der Waals surface area contributed by atoms with E-state index >= 15 is 0 Å². The second-order valence-corrected chi connectivity index (χ2v) is 7.84. The van der Waals surface area contributed by atoms with Crippen LogP contribution < -0.4 is 4.90 Å². The average Bonchev–Trinajstić information content (AvgIpc) is 3.60. The average molecular weight is 398 g/mol. The first-order valence-electron chi connectivity index (χ1n) is 10.5. The smallest absolute Gasteiger partial charge is 0.162 e. The zero-order chi connectivity index (χ0) is 19.9. The first kappa shape index (κ1) is 17.5. The summed E-state index contributed by atoms with van der Waals surface area (Å²) in [5.41, 5.74) is 6.29. The summed E-state index contributed by atoms with van der Waals surface area (Å²) in [6.45, 7) is 3.27. The van der Waals surface area contributed by atoms with Crippen molar-refractivity contribution in [2.45, 2.75) is 18.8 Å². The van der Waals surface area contributed by atoms with Crippen LogP contribution in [0.2, 0.25) is 0 Å². The molecule has 0 amide bonds. The molecule has 6 rings (SSSR count). The standard InChI is InChI=1S/C23H22N6O/c1-2-17(1)21-22(18-3-4-20(25-15-18)28-11-13-30-14-12-28)29-23(27-21)19(7-10-26-29)16-5-8-24-9-6-16/h3-10,15,17H,1-2,11-14H2. The zero-order valence-corrected chi connectivity index (χ0v) is 16.6. The zero-order valence-electron chi connectivity index (χ0n) is 16.6. The van der Waals surface area contributed by atoms with Crippen LogP contribution in [0.1, 0.15) is 24.5 Å². The van der Waals surface area contributed by atoms with Gasteiger partial charge in [0, 0.05) is 54.9 Å². The number of imidazole rings is 1. The lowest BCUT2D eigenvalue weighted by atomic mass is 10.1.